The van der Waals surface area contributed by atoms with Gasteiger partial charge in [0, 0.05) is 0 Å². The standard InChI is InChI=1S/C13H22O4/c1-3-5-6-7-9-13(8-4-2,12(16)17)10-11(14)15/h4H,2-3,5-10H2,1H3,(H,14,15)(H,16,17). The van der Waals surface area contributed by atoms with Crippen molar-refractivity contribution in [2.24, 2.45) is 5.41 Å². The fraction of sp³-hybridized carbons (Fsp3) is 0.692. The molecule has 0 aromatic rings. The third-order valence-electron chi connectivity index (χ3n) is 2.99. The second kappa shape index (κ2) is 7.87. The molecular formula is C13H22O4. The average Bonchev–Trinajstić information content (AvgIpc) is 2.23. The zero-order chi connectivity index (χ0) is 13.3. The minimum absolute atomic E-state index is 0.209. The molecule has 0 rings (SSSR count). The zero-order valence-electron chi connectivity index (χ0n) is 10.4. The van der Waals surface area contributed by atoms with Crippen molar-refractivity contribution in [3.63, 3.8) is 0 Å². The van der Waals surface area contributed by atoms with E-state index in [0.29, 0.717) is 6.42 Å². The highest BCUT2D eigenvalue weighted by molar-refractivity contribution is 5.81. The Morgan fingerprint density at radius 1 is 1.24 bits per heavy atom. The van der Waals surface area contributed by atoms with Crippen LogP contribution in [-0.2, 0) is 9.59 Å². The maximum absolute atomic E-state index is 11.3. The van der Waals surface area contributed by atoms with Crippen molar-refractivity contribution in [2.45, 2.75) is 51.9 Å². The first-order valence-electron chi connectivity index (χ1n) is 6.04. The van der Waals surface area contributed by atoms with Crippen LogP contribution in [0.5, 0.6) is 0 Å². The molecule has 0 radical (unpaired) electrons. The first-order chi connectivity index (χ1) is 7.98. The van der Waals surface area contributed by atoms with Crippen LogP contribution in [0, 0.1) is 5.41 Å². The molecule has 2 N–H and O–H groups in total. The van der Waals surface area contributed by atoms with Crippen molar-refractivity contribution < 1.29 is 19.8 Å². The van der Waals surface area contributed by atoms with Gasteiger partial charge in [-0.25, -0.2) is 0 Å². The summed E-state index contributed by atoms with van der Waals surface area (Å²) < 4.78 is 0. The van der Waals surface area contributed by atoms with Crippen LogP contribution < -0.4 is 0 Å². The van der Waals surface area contributed by atoms with Gasteiger partial charge >= 0.3 is 11.9 Å². The van der Waals surface area contributed by atoms with Crippen molar-refractivity contribution in [1.82, 2.24) is 0 Å². The SMILES string of the molecule is C=CCC(CCCCCC)(CC(=O)O)C(=O)O. The molecule has 0 saturated heterocycles. The predicted molar refractivity (Wildman–Crippen MR) is 65.9 cm³/mol. The Labute approximate surface area is 102 Å². The predicted octanol–water partition coefficient (Wildman–Crippen LogP) is 3.08. The topological polar surface area (TPSA) is 74.6 Å². The van der Waals surface area contributed by atoms with Crippen molar-refractivity contribution >= 4 is 11.9 Å². The lowest BCUT2D eigenvalue weighted by Gasteiger charge is -2.26. The summed E-state index contributed by atoms with van der Waals surface area (Å²) in [6.45, 7) is 5.60. The quantitative estimate of drug-likeness (QED) is 0.456. The Balaban J connectivity index is 4.59. The summed E-state index contributed by atoms with van der Waals surface area (Å²) in [5.74, 6) is -2.10. The van der Waals surface area contributed by atoms with Gasteiger partial charge in [0.05, 0.1) is 11.8 Å². The van der Waals surface area contributed by atoms with Crippen LogP contribution in [0.4, 0.5) is 0 Å². The second-order valence-electron chi connectivity index (χ2n) is 4.46. The molecule has 0 saturated carbocycles. The molecule has 0 fully saturated rings. The maximum atomic E-state index is 11.3. The van der Waals surface area contributed by atoms with E-state index < -0.39 is 17.4 Å². The van der Waals surface area contributed by atoms with E-state index in [0.717, 1.165) is 25.7 Å². The molecular weight excluding hydrogens is 220 g/mol. The molecule has 0 spiro atoms. The summed E-state index contributed by atoms with van der Waals surface area (Å²) in [7, 11) is 0. The molecule has 0 amide bonds. The third kappa shape index (κ3) is 5.52. The van der Waals surface area contributed by atoms with Gasteiger partial charge in [0.25, 0.3) is 0 Å². The van der Waals surface area contributed by atoms with Crippen molar-refractivity contribution in [3.8, 4) is 0 Å². The Kier molecular flexibility index (Phi) is 7.26. The van der Waals surface area contributed by atoms with Crippen LogP contribution in [0.25, 0.3) is 0 Å². The van der Waals surface area contributed by atoms with E-state index in [-0.39, 0.29) is 12.8 Å². The van der Waals surface area contributed by atoms with Gasteiger partial charge in [0.2, 0.25) is 0 Å². The molecule has 17 heavy (non-hydrogen) atoms. The molecule has 4 heteroatoms. The van der Waals surface area contributed by atoms with Gasteiger partial charge in [0.15, 0.2) is 0 Å². The monoisotopic (exact) mass is 242 g/mol. The summed E-state index contributed by atoms with van der Waals surface area (Å²) in [6, 6.07) is 0. The summed E-state index contributed by atoms with van der Waals surface area (Å²) in [5.41, 5.74) is -1.18. The highest BCUT2D eigenvalue weighted by Gasteiger charge is 2.38. The van der Waals surface area contributed by atoms with Crippen LogP contribution in [0.15, 0.2) is 12.7 Å². The average molecular weight is 242 g/mol. The lowest BCUT2D eigenvalue weighted by Crippen LogP contribution is -2.33. The van der Waals surface area contributed by atoms with Crippen LogP contribution in [0.2, 0.25) is 0 Å². The Hall–Kier alpha value is -1.32. The van der Waals surface area contributed by atoms with Crippen LogP contribution in [0.3, 0.4) is 0 Å². The largest absolute Gasteiger partial charge is 0.481 e. The highest BCUT2D eigenvalue weighted by atomic mass is 16.4. The number of allylic oxidation sites excluding steroid dienone is 1. The van der Waals surface area contributed by atoms with Gasteiger partial charge in [-0.05, 0) is 12.8 Å². The van der Waals surface area contributed by atoms with Crippen molar-refractivity contribution in [1.29, 1.82) is 0 Å². The van der Waals surface area contributed by atoms with Gasteiger partial charge in [-0.2, -0.15) is 0 Å². The molecule has 1 atom stereocenters. The molecule has 98 valence electrons. The van der Waals surface area contributed by atoms with E-state index >= 15 is 0 Å². The number of carbonyl (C=O) groups is 2. The van der Waals surface area contributed by atoms with Crippen LogP contribution in [0.1, 0.15) is 51.9 Å². The minimum atomic E-state index is -1.18. The van der Waals surface area contributed by atoms with E-state index in [4.69, 9.17) is 5.11 Å². The van der Waals surface area contributed by atoms with Gasteiger partial charge < -0.3 is 10.2 Å². The summed E-state index contributed by atoms with van der Waals surface area (Å²) >= 11 is 0. The van der Waals surface area contributed by atoms with Gasteiger partial charge in [0.1, 0.15) is 0 Å². The number of carboxylic acid groups (broad SMARTS) is 2. The fourth-order valence-electron chi connectivity index (χ4n) is 1.99. The van der Waals surface area contributed by atoms with E-state index in [1.165, 1.54) is 6.08 Å². The number of hydrogen-bond acceptors (Lipinski definition) is 2. The van der Waals surface area contributed by atoms with E-state index in [1.807, 2.05) is 0 Å². The second-order valence-corrected chi connectivity index (χ2v) is 4.46. The Morgan fingerprint density at radius 2 is 1.88 bits per heavy atom. The van der Waals surface area contributed by atoms with E-state index in [9.17, 15) is 14.7 Å². The van der Waals surface area contributed by atoms with Crippen LogP contribution >= 0.6 is 0 Å². The summed E-state index contributed by atoms with van der Waals surface area (Å²) in [5, 5.41) is 18.1. The van der Waals surface area contributed by atoms with E-state index in [2.05, 4.69) is 13.5 Å². The number of rotatable bonds is 10. The van der Waals surface area contributed by atoms with Crippen LogP contribution in [-0.4, -0.2) is 22.2 Å². The summed E-state index contributed by atoms with van der Waals surface area (Å²) in [4.78, 5) is 22.1. The molecule has 4 nitrogen and oxygen atoms in total. The highest BCUT2D eigenvalue weighted by Crippen LogP contribution is 2.34. The molecule has 1 unspecified atom stereocenters. The third-order valence-corrected chi connectivity index (χ3v) is 2.99. The van der Waals surface area contributed by atoms with Crippen molar-refractivity contribution in [3.05, 3.63) is 12.7 Å². The Morgan fingerprint density at radius 3 is 2.29 bits per heavy atom. The Bertz CT molecular complexity index is 273. The number of aliphatic carboxylic acids is 2. The smallest absolute Gasteiger partial charge is 0.310 e. The molecule has 0 aromatic heterocycles. The zero-order valence-corrected chi connectivity index (χ0v) is 10.4. The molecule has 0 aliphatic carbocycles. The van der Waals surface area contributed by atoms with Gasteiger partial charge in [-0.3, -0.25) is 9.59 Å². The molecule has 0 bridgehead atoms. The van der Waals surface area contributed by atoms with E-state index in [1.54, 1.807) is 0 Å². The van der Waals surface area contributed by atoms with Crippen molar-refractivity contribution in [2.75, 3.05) is 0 Å². The van der Waals surface area contributed by atoms with Gasteiger partial charge in [-0.15, -0.1) is 6.58 Å². The number of hydrogen-bond donors (Lipinski definition) is 2. The fourth-order valence-corrected chi connectivity index (χ4v) is 1.99. The number of carboxylic acids is 2. The molecule has 0 heterocycles. The summed E-state index contributed by atoms with van der Waals surface area (Å²) in [6.07, 6.45) is 5.60. The number of unbranched alkanes of at least 4 members (excludes halogenated alkanes) is 3. The van der Waals surface area contributed by atoms with Gasteiger partial charge in [-0.1, -0.05) is 38.7 Å². The first-order valence-corrected chi connectivity index (χ1v) is 6.04. The lowest BCUT2D eigenvalue weighted by atomic mass is 9.76. The first kappa shape index (κ1) is 15.7. The molecule has 0 aromatic carbocycles. The normalized spacial score (nSPS) is 13.9. The molecule has 0 aliphatic rings. The lowest BCUT2D eigenvalue weighted by molar-refractivity contribution is -0.156. The maximum Gasteiger partial charge on any atom is 0.310 e. The molecule has 0 aliphatic heterocycles. The minimum Gasteiger partial charge on any atom is -0.481 e.